The van der Waals surface area contributed by atoms with E-state index in [2.05, 4.69) is 16.2 Å². The number of hydrogen-bond acceptors (Lipinski definition) is 5. The Morgan fingerprint density at radius 2 is 1.92 bits per heavy atom. The average molecular weight is 373 g/mol. The van der Waals surface area contributed by atoms with Crippen LogP contribution >= 0.6 is 11.3 Å². The first kappa shape index (κ1) is 19.5. The van der Waals surface area contributed by atoms with Crippen molar-refractivity contribution >= 4 is 23.2 Å². The maximum Gasteiger partial charge on any atom is 0.245 e. The summed E-state index contributed by atoms with van der Waals surface area (Å²) in [6, 6.07) is 11.5. The molecule has 0 aliphatic carbocycles. The Kier molecular flexibility index (Phi) is 7.70. The summed E-state index contributed by atoms with van der Waals surface area (Å²) in [5.74, 6) is 0.444. The van der Waals surface area contributed by atoms with E-state index in [1.165, 1.54) is 17.4 Å². The first-order chi connectivity index (χ1) is 12.6. The maximum atomic E-state index is 11.9. The molecular formula is C19H23N3O3S. The predicted octanol–water partition coefficient (Wildman–Crippen LogP) is 2.18. The van der Waals surface area contributed by atoms with E-state index in [1.807, 2.05) is 41.8 Å². The number of hydrazine groups is 1. The summed E-state index contributed by atoms with van der Waals surface area (Å²) in [6.45, 7) is 2.24. The molecule has 0 bridgehead atoms. The van der Waals surface area contributed by atoms with Gasteiger partial charge in [-0.05, 0) is 42.5 Å². The second-order valence-corrected chi connectivity index (χ2v) is 6.68. The minimum atomic E-state index is -0.212. The second-order valence-electron chi connectivity index (χ2n) is 5.65. The number of carbonyl (C=O) groups is 2. The van der Waals surface area contributed by atoms with Crippen LogP contribution in [0.4, 0.5) is 0 Å². The maximum absolute atomic E-state index is 11.9. The molecule has 0 saturated carbocycles. The number of hydrogen-bond donors (Lipinski definition) is 3. The number of methoxy groups -OCH3 is 1. The predicted molar refractivity (Wildman–Crippen MR) is 103 cm³/mol. The van der Waals surface area contributed by atoms with E-state index in [4.69, 9.17) is 4.74 Å². The SMILES string of the molecule is COc1ccc(CCNC(=O)/C=C(/C)NNC(=O)Cc2cccs2)cc1. The van der Waals surface area contributed by atoms with Crippen LogP contribution in [0.5, 0.6) is 5.75 Å². The number of carbonyl (C=O) groups excluding carboxylic acids is 2. The molecule has 0 atom stereocenters. The molecule has 2 rings (SSSR count). The Labute approximate surface area is 157 Å². The molecule has 138 valence electrons. The molecule has 1 aromatic carbocycles. The zero-order chi connectivity index (χ0) is 18.8. The van der Waals surface area contributed by atoms with Crippen LogP contribution < -0.4 is 20.9 Å². The highest BCUT2D eigenvalue weighted by atomic mass is 32.1. The summed E-state index contributed by atoms with van der Waals surface area (Å²) >= 11 is 1.53. The summed E-state index contributed by atoms with van der Waals surface area (Å²) in [5, 5.41) is 4.75. The van der Waals surface area contributed by atoms with E-state index >= 15 is 0 Å². The van der Waals surface area contributed by atoms with E-state index < -0.39 is 0 Å². The van der Waals surface area contributed by atoms with Crippen LogP contribution in [0.1, 0.15) is 17.4 Å². The molecule has 3 N–H and O–H groups in total. The van der Waals surface area contributed by atoms with Gasteiger partial charge in [-0.3, -0.25) is 15.0 Å². The molecule has 0 aliphatic rings. The van der Waals surface area contributed by atoms with Crippen molar-refractivity contribution in [2.24, 2.45) is 0 Å². The smallest absolute Gasteiger partial charge is 0.245 e. The summed E-state index contributed by atoms with van der Waals surface area (Å²) in [5.41, 5.74) is 6.99. The van der Waals surface area contributed by atoms with Crippen LogP contribution in [0.3, 0.4) is 0 Å². The highest BCUT2D eigenvalue weighted by molar-refractivity contribution is 7.10. The molecule has 0 fully saturated rings. The van der Waals surface area contributed by atoms with Crippen LogP contribution in [0, 0.1) is 0 Å². The van der Waals surface area contributed by atoms with Gasteiger partial charge >= 0.3 is 0 Å². The number of nitrogens with one attached hydrogen (secondary N) is 3. The van der Waals surface area contributed by atoms with Gasteiger partial charge in [0.1, 0.15) is 5.75 Å². The molecule has 0 radical (unpaired) electrons. The average Bonchev–Trinajstić information content (AvgIpc) is 3.13. The number of thiophene rings is 1. The molecule has 7 heteroatoms. The van der Waals surface area contributed by atoms with Gasteiger partial charge in [0.25, 0.3) is 0 Å². The van der Waals surface area contributed by atoms with Crippen molar-refractivity contribution in [1.82, 2.24) is 16.2 Å². The van der Waals surface area contributed by atoms with Gasteiger partial charge in [0.2, 0.25) is 11.8 Å². The highest BCUT2D eigenvalue weighted by Gasteiger charge is 2.04. The summed E-state index contributed by atoms with van der Waals surface area (Å²) < 4.78 is 5.11. The van der Waals surface area contributed by atoms with E-state index in [0.717, 1.165) is 22.6 Å². The topological polar surface area (TPSA) is 79.5 Å². The lowest BCUT2D eigenvalue weighted by molar-refractivity contribution is -0.121. The van der Waals surface area contributed by atoms with Gasteiger partial charge in [-0.2, -0.15) is 0 Å². The second kappa shape index (κ2) is 10.2. The fraction of sp³-hybridized carbons (Fsp3) is 0.263. The molecule has 26 heavy (non-hydrogen) atoms. The van der Waals surface area contributed by atoms with Crippen LogP contribution in [0.2, 0.25) is 0 Å². The monoisotopic (exact) mass is 373 g/mol. The molecule has 0 saturated heterocycles. The van der Waals surface area contributed by atoms with Crippen molar-refractivity contribution in [1.29, 1.82) is 0 Å². The zero-order valence-corrected chi connectivity index (χ0v) is 15.7. The molecule has 1 aromatic heterocycles. The van der Waals surface area contributed by atoms with E-state index in [-0.39, 0.29) is 11.8 Å². The number of rotatable bonds is 9. The van der Waals surface area contributed by atoms with Crippen molar-refractivity contribution < 1.29 is 14.3 Å². The first-order valence-electron chi connectivity index (χ1n) is 8.23. The summed E-state index contributed by atoms with van der Waals surface area (Å²) in [4.78, 5) is 24.6. The molecule has 2 aromatic rings. The van der Waals surface area contributed by atoms with Crippen LogP contribution in [-0.4, -0.2) is 25.5 Å². The fourth-order valence-electron chi connectivity index (χ4n) is 2.19. The minimum absolute atomic E-state index is 0.153. The van der Waals surface area contributed by atoms with E-state index in [0.29, 0.717) is 18.7 Å². The van der Waals surface area contributed by atoms with Gasteiger partial charge in [-0.15, -0.1) is 11.3 Å². The van der Waals surface area contributed by atoms with Crippen molar-refractivity contribution in [2.45, 2.75) is 19.8 Å². The quantitative estimate of drug-likeness (QED) is 0.465. The first-order valence-corrected chi connectivity index (χ1v) is 9.11. The standard InChI is InChI=1S/C19H23N3O3S/c1-14(21-22-19(24)13-17-4-3-11-26-17)12-18(23)20-10-9-15-5-7-16(25-2)8-6-15/h3-8,11-12,21H,9-10,13H2,1-2H3,(H,20,23)(H,22,24)/b14-12-. The molecule has 1 heterocycles. The van der Waals surface area contributed by atoms with Gasteiger partial charge in [-0.25, -0.2) is 0 Å². The van der Waals surface area contributed by atoms with E-state index in [1.54, 1.807) is 14.0 Å². The Bertz CT molecular complexity index is 740. The van der Waals surface area contributed by atoms with E-state index in [9.17, 15) is 9.59 Å². The van der Waals surface area contributed by atoms with Crippen LogP contribution in [0.25, 0.3) is 0 Å². The van der Waals surface area contributed by atoms with Crippen LogP contribution in [-0.2, 0) is 22.4 Å². The molecule has 0 spiro atoms. The van der Waals surface area contributed by atoms with Gasteiger partial charge < -0.3 is 15.5 Å². The minimum Gasteiger partial charge on any atom is -0.497 e. The van der Waals surface area contributed by atoms with Crippen molar-refractivity contribution in [3.63, 3.8) is 0 Å². The normalized spacial score (nSPS) is 10.9. The molecule has 6 nitrogen and oxygen atoms in total. The van der Waals surface area contributed by atoms with Gasteiger partial charge in [0.15, 0.2) is 0 Å². The van der Waals surface area contributed by atoms with Crippen LogP contribution in [0.15, 0.2) is 53.6 Å². The molecule has 0 aliphatic heterocycles. The number of benzene rings is 1. The lowest BCUT2D eigenvalue weighted by Gasteiger charge is -2.09. The number of ether oxygens (including phenoxy) is 1. The fourth-order valence-corrected chi connectivity index (χ4v) is 2.89. The lowest BCUT2D eigenvalue weighted by Crippen LogP contribution is -2.37. The molecule has 0 unspecified atom stereocenters. The third-order valence-electron chi connectivity index (χ3n) is 3.53. The summed E-state index contributed by atoms with van der Waals surface area (Å²) in [7, 11) is 1.63. The Morgan fingerprint density at radius 1 is 1.15 bits per heavy atom. The molecule has 2 amide bonds. The Hall–Kier alpha value is -2.80. The highest BCUT2D eigenvalue weighted by Crippen LogP contribution is 2.11. The third-order valence-corrected chi connectivity index (χ3v) is 4.41. The van der Waals surface area contributed by atoms with Crippen molar-refractivity contribution in [2.75, 3.05) is 13.7 Å². The number of allylic oxidation sites excluding steroid dienone is 1. The third kappa shape index (κ3) is 6.98. The Morgan fingerprint density at radius 3 is 2.58 bits per heavy atom. The van der Waals surface area contributed by atoms with Crippen molar-refractivity contribution in [3.05, 3.63) is 64.0 Å². The Balaban J connectivity index is 1.67. The van der Waals surface area contributed by atoms with Gasteiger partial charge in [0.05, 0.1) is 13.5 Å². The van der Waals surface area contributed by atoms with Gasteiger partial charge in [-0.1, -0.05) is 18.2 Å². The molecular weight excluding hydrogens is 350 g/mol. The lowest BCUT2D eigenvalue weighted by atomic mass is 10.1. The summed E-state index contributed by atoms with van der Waals surface area (Å²) in [6.07, 6.45) is 2.46. The zero-order valence-electron chi connectivity index (χ0n) is 14.9. The van der Waals surface area contributed by atoms with Gasteiger partial charge in [0, 0.05) is 23.2 Å². The van der Waals surface area contributed by atoms with Crippen molar-refractivity contribution in [3.8, 4) is 5.75 Å². The largest absolute Gasteiger partial charge is 0.497 e. The number of amides is 2.